The van der Waals surface area contributed by atoms with Gasteiger partial charge in [-0.3, -0.25) is 14.5 Å². The summed E-state index contributed by atoms with van der Waals surface area (Å²) in [6, 6.07) is 22.5. The van der Waals surface area contributed by atoms with E-state index in [1.807, 2.05) is 71.3 Å². The highest BCUT2D eigenvalue weighted by Crippen LogP contribution is 2.42. The van der Waals surface area contributed by atoms with Crippen molar-refractivity contribution in [2.24, 2.45) is 5.92 Å². The second-order valence-corrected chi connectivity index (χ2v) is 9.22. The molecule has 3 atom stereocenters. The standard InChI is InChI=1S/C27H25N3O3/c31-23-12-6-11-22-19-13-17(15-30(22)23)14-29(16-19)26(27(32)33)24-20-9-4-5-10-21(20)28-25(24)18-7-2-1-3-8-18/h1-12,17,19,26,28H,13-16H2,(H,32,33)/t17-,19+,26-/m1/s1. The number of rotatable bonds is 4. The van der Waals surface area contributed by atoms with Crippen LogP contribution in [0, 0.1) is 5.92 Å². The number of hydrogen-bond donors (Lipinski definition) is 2. The first-order chi connectivity index (χ1) is 16.1. The molecule has 1 saturated heterocycles. The number of H-pyrrole nitrogens is 1. The Kier molecular flexibility index (Phi) is 4.69. The van der Waals surface area contributed by atoms with Crippen LogP contribution in [0.5, 0.6) is 0 Å². The summed E-state index contributed by atoms with van der Waals surface area (Å²) in [5, 5.41) is 11.5. The monoisotopic (exact) mass is 439 g/mol. The van der Waals surface area contributed by atoms with Crippen molar-refractivity contribution >= 4 is 16.9 Å². The lowest BCUT2D eigenvalue weighted by Crippen LogP contribution is -2.49. The molecule has 2 aromatic heterocycles. The third kappa shape index (κ3) is 3.29. The number of aromatic amines is 1. The molecule has 2 aliphatic rings. The molecular formula is C27H25N3O3. The highest BCUT2D eigenvalue weighted by molar-refractivity contribution is 5.95. The van der Waals surface area contributed by atoms with Crippen molar-refractivity contribution < 1.29 is 9.90 Å². The van der Waals surface area contributed by atoms with Gasteiger partial charge < -0.3 is 14.7 Å². The zero-order valence-electron chi connectivity index (χ0n) is 18.1. The second kappa shape index (κ2) is 7.74. The van der Waals surface area contributed by atoms with E-state index in [4.69, 9.17) is 0 Å². The van der Waals surface area contributed by atoms with Gasteiger partial charge in [-0.15, -0.1) is 0 Å². The number of nitrogens with zero attached hydrogens (tertiary/aromatic N) is 2. The van der Waals surface area contributed by atoms with E-state index in [1.165, 1.54) is 0 Å². The van der Waals surface area contributed by atoms with Gasteiger partial charge in [0, 0.05) is 53.8 Å². The van der Waals surface area contributed by atoms with Crippen molar-refractivity contribution in [2.75, 3.05) is 13.1 Å². The predicted octanol–water partition coefficient (Wildman–Crippen LogP) is 4.24. The van der Waals surface area contributed by atoms with Crippen LogP contribution >= 0.6 is 0 Å². The molecule has 4 aromatic rings. The highest BCUT2D eigenvalue weighted by atomic mass is 16.4. The molecule has 6 rings (SSSR count). The van der Waals surface area contributed by atoms with Crippen molar-refractivity contribution in [1.82, 2.24) is 14.5 Å². The van der Waals surface area contributed by atoms with Gasteiger partial charge in [0.05, 0.1) is 5.69 Å². The minimum Gasteiger partial charge on any atom is -0.480 e. The molecular weight excluding hydrogens is 414 g/mol. The number of carboxylic acid groups (broad SMARTS) is 1. The average molecular weight is 440 g/mol. The van der Waals surface area contributed by atoms with Crippen LogP contribution in [0.4, 0.5) is 0 Å². The number of aliphatic carboxylic acids is 1. The highest BCUT2D eigenvalue weighted by Gasteiger charge is 2.41. The number of likely N-dealkylation sites (tertiary alicyclic amines) is 1. The summed E-state index contributed by atoms with van der Waals surface area (Å²) in [7, 11) is 0. The minimum absolute atomic E-state index is 0.0356. The van der Waals surface area contributed by atoms with E-state index < -0.39 is 12.0 Å². The first-order valence-corrected chi connectivity index (χ1v) is 11.4. The lowest BCUT2D eigenvalue weighted by molar-refractivity contribution is -0.144. The fourth-order valence-electron chi connectivity index (χ4n) is 5.89. The maximum absolute atomic E-state index is 12.8. The van der Waals surface area contributed by atoms with E-state index in [0.29, 0.717) is 19.6 Å². The maximum atomic E-state index is 12.8. The first-order valence-electron chi connectivity index (χ1n) is 11.4. The number of fused-ring (bicyclic) bond motifs is 5. The van der Waals surface area contributed by atoms with Gasteiger partial charge in [-0.25, -0.2) is 0 Å². The average Bonchev–Trinajstić information content (AvgIpc) is 3.20. The van der Waals surface area contributed by atoms with Gasteiger partial charge in [-0.2, -0.15) is 0 Å². The molecule has 1 fully saturated rings. The molecule has 6 nitrogen and oxygen atoms in total. The predicted molar refractivity (Wildman–Crippen MR) is 127 cm³/mol. The Morgan fingerprint density at radius 3 is 2.55 bits per heavy atom. The lowest BCUT2D eigenvalue weighted by Gasteiger charge is -2.44. The number of aromatic nitrogens is 2. The maximum Gasteiger partial charge on any atom is 0.325 e. The number of carbonyl (C=O) groups is 1. The number of benzene rings is 2. The van der Waals surface area contributed by atoms with Gasteiger partial charge in [0.15, 0.2) is 0 Å². The molecule has 0 saturated carbocycles. The Hall–Kier alpha value is -3.64. The molecule has 2 bridgehead atoms. The Bertz CT molecular complexity index is 1410. The molecule has 0 radical (unpaired) electrons. The molecule has 0 amide bonds. The Labute approximate surface area is 191 Å². The molecule has 2 N–H and O–H groups in total. The minimum atomic E-state index is -0.845. The van der Waals surface area contributed by atoms with E-state index in [2.05, 4.69) is 9.88 Å². The SMILES string of the molecule is O=C(O)[C@@H](c1c(-c2ccccc2)[nH]c2ccccc12)N1C[C@H]2C[C@@H](C1)c1cccc(=O)n1C2. The van der Waals surface area contributed by atoms with Gasteiger partial charge in [-0.1, -0.05) is 54.6 Å². The fraction of sp³-hybridized carbons (Fsp3) is 0.259. The van der Waals surface area contributed by atoms with Crippen molar-refractivity contribution in [2.45, 2.75) is 24.9 Å². The van der Waals surface area contributed by atoms with E-state index in [0.717, 1.165) is 39.8 Å². The van der Waals surface area contributed by atoms with Crippen LogP contribution in [0.25, 0.3) is 22.2 Å². The summed E-state index contributed by atoms with van der Waals surface area (Å²) >= 11 is 0. The molecule has 2 aromatic carbocycles. The molecule has 33 heavy (non-hydrogen) atoms. The summed E-state index contributed by atoms with van der Waals surface area (Å²) in [6.07, 6.45) is 0.992. The van der Waals surface area contributed by atoms with Gasteiger partial charge in [-0.05, 0) is 30.0 Å². The van der Waals surface area contributed by atoms with Crippen LogP contribution in [-0.4, -0.2) is 38.6 Å². The van der Waals surface area contributed by atoms with E-state index >= 15 is 0 Å². The van der Waals surface area contributed by atoms with Crippen molar-refractivity contribution in [1.29, 1.82) is 0 Å². The van der Waals surface area contributed by atoms with Crippen molar-refractivity contribution in [3.63, 3.8) is 0 Å². The number of para-hydroxylation sites is 1. The Morgan fingerprint density at radius 2 is 1.73 bits per heavy atom. The number of nitrogens with one attached hydrogen (secondary N) is 1. The number of pyridine rings is 1. The topological polar surface area (TPSA) is 78.3 Å². The third-order valence-corrected chi connectivity index (χ3v) is 7.19. The summed E-state index contributed by atoms with van der Waals surface area (Å²) < 4.78 is 1.88. The van der Waals surface area contributed by atoms with Crippen LogP contribution in [-0.2, 0) is 11.3 Å². The second-order valence-electron chi connectivity index (χ2n) is 9.22. The van der Waals surface area contributed by atoms with E-state index in [-0.39, 0.29) is 17.4 Å². The summed E-state index contributed by atoms with van der Waals surface area (Å²) in [4.78, 5) is 30.8. The van der Waals surface area contributed by atoms with Crippen LogP contribution < -0.4 is 5.56 Å². The summed E-state index contributed by atoms with van der Waals surface area (Å²) in [5.41, 5.74) is 4.64. The van der Waals surface area contributed by atoms with Crippen LogP contribution in [0.1, 0.15) is 29.6 Å². The summed E-state index contributed by atoms with van der Waals surface area (Å²) in [6.45, 7) is 1.92. The molecule has 2 aliphatic heterocycles. The van der Waals surface area contributed by atoms with E-state index in [9.17, 15) is 14.7 Å². The van der Waals surface area contributed by atoms with Gasteiger partial charge in [0.2, 0.25) is 0 Å². The number of carboxylic acids is 1. The molecule has 0 unspecified atom stereocenters. The van der Waals surface area contributed by atoms with Crippen molar-refractivity contribution in [3.05, 3.63) is 94.4 Å². The lowest BCUT2D eigenvalue weighted by atomic mass is 9.81. The quantitative estimate of drug-likeness (QED) is 0.499. The molecule has 4 heterocycles. The molecule has 6 heteroatoms. The molecule has 0 spiro atoms. The van der Waals surface area contributed by atoms with Gasteiger partial charge in [0.25, 0.3) is 5.56 Å². The first kappa shape index (κ1) is 20.0. The molecule has 166 valence electrons. The Balaban J connectivity index is 1.48. The fourth-order valence-corrected chi connectivity index (χ4v) is 5.89. The van der Waals surface area contributed by atoms with E-state index in [1.54, 1.807) is 6.07 Å². The number of piperidine rings is 1. The van der Waals surface area contributed by atoms with Crippen LogP contribution in [0.2, 0.25) is 0 Å². The van der Waals surface area contributed by atoms with Gasteiger partial charge in [0.1, 0.15) is 6.04 Å². The van der Waals surface area contributed by atoms with Crippen molar-refractivity contribution in [3.8, 4) is 11.3 Å². The van der Waals surface area contributed by atoms with Crippen LogP contribution in [0.15, 0.2) is 77.6 Å². The normalized spacial score (nSPS) is 21.0. The Morgan fingerprint density at radius 1 is 0.939 bits per heavy atom. The zero-order valence-corrected chi connectivity index (χ0v) is 18.1. The smallest absolute Gasteiger partial charge is 0.325 e. The largest absolute Gasteiger partial charge is 0.480 e. The summed E-state index contributed by atoms with van der Waals surface area (Å²) in [5.74, 6) is -0.440. The third-order valence-electron chi connectivity index (χ3n) is 7.19. The van der Waals surface area contributed by atoms with Crippen LogP contribution in [0.3, 0.4) is 0 Å². The van der Waals surface area contributed by atoms with Gasteiger partial charge >= 0.3 is 5.97 Å². The zero-order chi connectivity index (χ0) is 22.5. The number of hydrogen-bond acceptors (Lipinski definition) is 3. The molecule has 0 aliphatic carbocycles.